The summed E-state index contributed by atoms with van der Waals surface area (Å²) in [6, 6.07) is 27.8. The second-order valence-electron chi connectivity index (χ2n) is 13.3. The molecular weight excluding hydrogens is 602 g/mol. The Morgan fingerprint density at radius 1 is 0.625 bits per heavy atom. The summed E-state index contributed by atoms with van der Waals surface area (Å²) in [5, 5.41) is 4.39. The quantitative estimate of drug-likeness (QED) is 0.123. The predicted molar refractivity (Wildman–Crippen MR) is 192 cm³/mol. The van der Waals surface area contributed by atoms with Crippen LogP contribution in [0.2, 0.25) is 0 Å². The summed E-state index contributed by atoms with van der Waals surface area (Å²) in [4.78, 5) is 16.2. The van der Waals surface area contributed by atoms with Gasteiger partial charge in [0.25, 0.3) is 0 Å². The third-order valence-corrected chi connectivity index (χ3v) is 10.7. The Bertz CT molecular complexity index is 2340. The van der Waals surface area contributed by atoms with Gasteiger partial charge in [0.15, 0.2) is 0 Å². The molecule has 9 rings (SSSR count). The molecule has 6 nitrogen and oxygen atoms in total. The molecule has 1 fully saturated rings. The smallest absolute Gasteiger partial charge is 0.147 e. The number of nitrogens with one attached hydrogen (secondary N) is 4. The van der Waals surface area contributed by atoms with Crippen molar-refractivity contribution in [2.45, 2.75) is 25.3 Å². The van der Waals surface area contributed by atoms with Crippen LogP contribution < -0.4 is 4.48 Å². The second kappa shape index (κ2) is 11.5. The van der Waals surface area contributed by atoms with Crippen molar-refractivity contribution in [3.8, 4) is 0 Å². The number of nitrogens with zero attached hydrogens (tertiary/aromatic N) is 2. The topological polar surface area (TPSA) is 66.4 Å². The zero-order valence-electron chi connectivity index (χ0n) is 26.6. The summed E-state index contributed by atoms with van der Waals surface area (Å²) >= 11 is 0. The fourth-order valence-electron chi connectivity index (χ4n) is 8.37. The number of hydrogen-bond acceptors (Lipinski definition) is 1. The monoisotopic (exact) mass is 639 g/mol. The number of quaternary nitrogens is 1. The number of fused-ring (bicyclic) bond motifs is 4. The molecule has 8 heteroatoms. The minimum atomic E-state index is -0.215. The first-order chi connectivity index (χ1) is 23.6. The predicted octanol–water partition coefficient (Wildman–Crippen LogP) is 9.09. The highest BCUT2D eigenvalue weighted by Gasteiger charge is 2.44. The van der Waals surface area contributed by atoms with Gasteiger partial charge >= 0.3 is 0 Å². The lowest BCUT2D eigenvalue weighted by Crippen LogP contribution is -2.62. The minimum Gasteiger partial charge on any atom is -0.361 e. The highest BCUT2D eigenvalue weighted by Crippen LogP contribution is 2.45. The molecule has 0 amide bonds. The van der Waals surface area contributed by atoms with E-state index in [9.17, 15) is 8.78 Å². The van der Waals surface area contributed by atoms with Gasteiger partial charge in [0.1, 0.15) is 36.1 Å². The van der Waals surface area contributed by atoms with Gasteiger partial charge in [-0.05, 0) is 91.1 Å². The normalized spacial score (nSPS) is 16.9. The first-order valence-electron chi connectivity index (χ1n) is 16.8. The van der Waals surface area contributed by atoms with Crippen LogP contribution in [0.1, 0.15) is 17.5 Å². The van der Waals surface area contributed by atoms with Crippen molar-refractivity contribution in [2.75, 3.05) is 26.2 Å². The number of halogens is 2. The molecule has 4 aromatic heterocycles. The van der Waals surface area contributed by atoms with Crippen LogP contribution in [0.5, 0.6) is 0 Å². The Hall–Kier alpha value is -5.18. The average molecular weight is 640 g/mol. The lowest BCUT2D eigenvalue weighted by molar-refractivity contribution is 0.103. The van der Waals surface area contributed by atoms with E-state index in [0.29, 0.717) is 0 Å². The van der Waals surface area contributed by atoms with Crippen LogP contribution in [0.4, 0.5) is 20.2 Å². The third-order valence-electron chi connectivity index (χ3n) is 10.7. The fraction of sp³-hybridized carbons (Fsp3) is 0.200. The largest absolute Gasteiger partial charge is 0.361 e. The molecule has 1 aliphatic rings. The standard InChI is InChI=1S/C40H37F2N6/c41-28-8-11-37-33(21-28)26(23-45-37)7-10-30-25-48(39-5-1-3-35-31(39)13-16-43-35,40-6-2-4-36-32(40)14-17-44-36)20-19-47(30)18-15-27-24-46-38-12-9-29(42)22-34(27)38/h1-6,8-9,11-14,16-17,21-24,30,43-46H,7,10,15,18-20,25H2/q+1. The second-order valence-corrected chi connectivity index (χ2v) is 13.3. The van der Waals surface area contributed by atoms with Gasteiger partial charge in [0.2, 0.25) is 0 Å². The molecule has 0 radical (unpaired) electrons. The highest BCUT2D eigenvalue weighted by molar-refractivity contribution is 5.98. The molecule has 1 unspecified atom stereocenters. The van der Waals surface area contributed by atoms with Crippen molar-refractivity contribution in [1.82, 2.24) is 29.3 Å². The van der Waals surface area contributed by atoms with E-state index in [1.54, 1.807) is 12.1 Å². The van der Waals surface area contributed by atoms with Crippen LogP contribution in [-0.2, 0) is 12.8 Å². The number of H-pyrrole nitrogens is 4. The first kappa shape index (κ1) is 29.0. The maximum Gasteiger partial charge on any atom is 0.147 e. The number of benzene rings is 4. The summed E-state index contributed by atoms with van der Waals surface area (Å²) in [5.74, 6) is -0.429. The molecule has 0 saturated carbocycles. The molecule has 4 aromatic carbocycles. The van der Waals surface area contributed by atoms with Gasteiger partial charge in [-0.15, -0.1) is 0 Å². The summed E-state index contributed by atoms with van der Waals surface area (Å²) in [7, 11) is 0. The van der Waals surface area contributed by atoms with E-state index in [-0.39, 0.29) is 17.7 Å². The van der Waals surface area contributed by atoms with Crippen LogP contribution in [0.3, 0.4) is 0 Å². The number of hydrogen-bond donors (Lipinski definition) is 4. The molecule has 8 aromatic rings. The van der Waals surface area contributed by atoms with Crippen LogP contribution in [0, 0.1) is 11.6 Å². The number of aryl methyl sites for hydroxylation is 1. The number of aromatic amines is 4. The van der Waals surface area contributed by atoms with Crippen LogP contribution >= 0.6 is 0 Å². The fourth-order valence-corrected chi connectivity index (χ4v) is 8.37. The molecular formula is C40H37F2N6+. The zero-order chi connectivity index (χ0) is 32.2. The molecule has 48 heavy (non-hydrogen) atoms. The van der Waals surface area contributed by atoms with E-state index in [4.69, 9.17) is 0 Å². The molecule has 240 valence electrons. The number of aromatic nitrogens is 4. The van der Waals surface area contributed by atoms with Gasteiger partial charge in [0, 0.05) is 71.8 Å². The molecule has 0 bridgehead atoms. The van der Waals surface area contributed by atoms with Gasteiger partial charge in [-0.25, -0.2) is 8.78 Å². The van der Waals surface area contributed by atoms with Crippen molar-refractivity contribution in [3.63, 3.8) is 0 Å². The Balaban J connectivity index is 1.12. The molecule has 0 spiro atoms. The molecule has 1 saturated heterocycles. The van der Waals surface area contributed by atoms with E-state index >= 15 is 0 Å². The van der Waals surface area contributed by atoms with Crippen molar-refractivity contribution in [2.24, 2.45) is 0 Å². The molecule has 4 N–H and O–H groups in total. The van der Waals surface area contributed by atoms with Crippen molar-refractivity contribution in [3.05, 3.63) is 132 Å². The van der Waals surface area contributed by atoms with Crippen molar-refractivity contribution >= 4 is 55.0 Å². The molecule has 1 atom stereocenters. The van der Waals surface area contributed by atoms with Crippen LogP contribution in [0.15, 0.2) is 110 Å². The molecule has 5 heterocycles. The van der Waals surface area contributed by atoms with Crippen LogP contribution in [-0.4, -0.2) is 57.1 Å². The number of piperazine rings is 1. The summed E-state index contributed by atoms with van der Waals surface area (Å²) in [6.45, 7) is 3.55. The Kier molecular flexibility index (Phi) is 6.95. The first-order valence-corrected chi connectivity index (χ1v) is 16.8. The van der Waals surface area contributed by atoms with Gasteiger partial charge in [-0.3, -0.25) is 9.38 Å². The summed E-state index contributed by atoms with van der Waals surface area (Å²) in [6.07, 6.45) is 10.7. The Morgan fingerprint density at radius 3 is 1.79 bits per heavy atom. The van der Waals surface area contributed by atoms with E-state index in [1.807, 2.05) is 36.9 Å². The van der Waals surface area contributed by atoms with E-state index < -0.39 is 0 Å². The maximum atomic E-state index is 14.3. The summed E-state index contributed by atoms with van der Waals surface area (Å²) in [5.41, 5.74) is 9.07. The molecule has 1 aliphatic heterocycles. The van der Waals surface area contributed by atoms with Gasteiger partial charge in [-0.1, -0.05) is 12.1 Å². The lowest BCUT2D eigenvalue weighted by atomic mass is 9.96. The zero-order valence-corrected chi connectivity index (χ0v) is 26.6. The van der Waals surface area contributed by atoms with Crippen molar-refractivity contribution < 1.29 is 8.78 Å². The maximum absolute atomic E-state index is 14.3. The SMILES string of the molecule is Fc1ccc2[nH]cc(CCC3C[N+](c4cccc5[nH]ccc45)(c4cccc5[nH]ccc45)CCN3CCc3c[nH]c4ccc(F)cc34)c2c1. The van der Waals surface area contributed by atoms with Crippen molar-refractivity contribution in [1.29, 1.82) is 0 Å². The summed E-state index contributed by atoms with van der Waals surface area (Å²) < 4.78 is 29.3. The van der Waals surface area contributed by atoms with Gasteiger partial charge in [0.05, 0.1) is 27.8 Å². The van der Waals surface area contributed by atoms with Gasteiger partial charge in [-0.2, -0.15) is 0 Å². The Labute approximate surface area is 276 Å². The van der Waals surface area contributed by atoms with E-state index in [0.717, 1.165) is 93.9 Å². The average Bonchev–Trinajstić information content (AvgIpc) is 3.92. The third kappa shape index (κ3) is 4.83. The lowest BCUT2D eigenvalue weighted by Gasteiger charge is -2.48. The Morgan fingerprint density at radius 2 is 1.19 bits per heavy atom. The van der Waals surface area contributed by atoms with Gasteiger partial charge < -0.3 is 19.9 Å². The van der Waals surface area contributed by atoms with Crippen LogP contribution in [0.25, 0.3) is 43.6 Å². The van der Waals surface area contributed by atoms with E-state index in [1.165, 1.54) is 34.3 Å². The highest BCUT2D eigenvalue weighted by atomic mass is 19.1. The van der Waals surface area contributed by atoms with E-state index in [2.05, 4.69) is 73.4 Å². The number of rotatable bonds is 8. The molecule has 0 aliphatic carbocycles. The minimum absolute atomic E-state index is 0.214.